The molecule has 1 atom stereocenters. The van der Waals surface area contributed by atoms with Gasteiger partial charge in [-0.2, -0.15) is 0 Å². The normalized spacial score (nSPS) is 28.2. The second-order valence-electron chi connectivity index (χ2n) is 1.53. The predicted molar refractivity (Wildman–Crippen MR) is 29.6 cm³/mol. The van der Waals surface area contributed by atoms with Gasteiger partial charge < -0.3 is 9.29 Å². The van der Waals surface area contributed by atoms with E-state index in [1.807, 2.05) is 0 Å². The monoisotopic (exact) mass is 134 g/mol. The van der Waals surface area contributed by atoms with Gasteiger partial charge in [0, 0.05) is 12.0 Å². The van der Waals surface area contributed by atoms with E-state index in [1.54, 1.807) is 0 Å². The lowest BCUT2D eigenvalue weighted by Gasteiger charge is -1.93. The molecule has 1 N–H and O–H groups in total. The number of carboxylic acid groups (broad SMARTS) is 1. The number of aliphatic carboxylic acids is 1. The molecule has 0 aromatic rings. The molecule has 0 radical (unpaired) electrons. The molecule has 1 fully saturated rings. The molecule has 0 aromatic carbocycles. The third-order valence-corrected chi connectivity index (χ3v) is 1.90. The molecule has 1 heterocycles. The van der Waals surface area contributed by atoms with Crippen molar-refractivity contribution in [1.82, 2.24) is 0 Å². The Labute approximate surface area is 51.2 Å². The maximum Gasteiger partial charge on any atom is 0.319 e. The first-order valence-electron chi connectivity index (χ1n) is 2.32. The Kier molecular flexibility index (Phi) is 1.75. The Morgan fingerprint density at radius 3 is 2.88 bits per heavy atom. The van der Waals surface area contributed by atoms with Gasteiger partial charge in [-0.05, 0) is 6.42 Å². The molecule has 46 valence electrons. The average Bonchev–Trinajstić information content (AvgIpc) is 2.12. The fourth-order valence-electron chi connectivity index (χ4n) is 0.498. The summed E-state index contributed by atoms with van der Waals surface area (Å²) in [5.74, 6) is -0.771. The first kappa shape index (κ1) is 5.91. The summed E-state index contributed by atoms with van der Waals surface area (Å²) in [7, 11) is 0. The number of carboxylic acids is 1. The molecule has 1 saturated heterocycles. The molecular formula is C4H6O3S. The smallest absolute Gasteiger partial charge is 0.319 e. The molecule has 1 aliphatic heterocycles. The Morgan fingerprint density at radius 2 is 2.62 bits per heavy atom. The summed E-state index contributed by atoms with van der Waals surface area (Å²) in [5.41, 5.74) is 0. The fourth-order valence-corrected chi connectivity index (χ4v) is 1.13. The minimum atomic E-state index is -0.771. The molecule has 4 heteroatoms. The Bertz CT molecular complexity index is 97.5. The van der Waals surface area contributed by atoms with E-state index >= 15 is 0 Å². The summed E-state index contributed by atoms with van der Waals surface area (Å²) in [6.45, 7) is 0.571. The second kappa shape index (κ2) is 2.37. The summed E-state index contributed by atoms with van der Waals surface area (Å²) in [5, 5.41) is 7.99. The van der Waals surface area contributed by atoms with Crippen LogP contribution < -0.4 is 0 Å². The van der Waals surface area contributed by atoms with Gasteiger partial charge in [0.2, 0.25) is 0 Å². The van der Waals surface area contributed by atoms with E-state index in [1.165, 1.54) is 0 Å². The first-order valence-corrected chi connectivity index (χ1v) is 3.12. The minimum Gasteiger partial charge on any atom is -0.480 e. The van der Waals surface area contributed by atoms with E-state index in [0.717, 1.165) is 12.0 Å². The highest BCUT2D eigenvalue weighted by Crippen LogP contribution is 2.23. The molecule has 1 rings (SSSR count). The molecule has 1 aliphatic rings. The van der Waals surface area contributed by atoms with Gasteiger partial charge in [0.15, 0.2) is 0 Å². The molecule has 0 bridgehead atoms. The zero-order valence-corrected chi connectivity index (χ0v) is 4.98. The number of hydrogen-bond donors (Lipinski definition) is 1. The molecule has 0 saturated carbocycles. The van der Waals surface area contributed by atoms with Crippen molar-refractivity contribution in [2.45, 2.75) is 11.7 Å². The molecule has 0 aromatic heterocycles. The molecule has 8 heavy (non-hydrogen) atoms. The van der Waals surface area contributed by atoms with Crippen molar-refractivity contribution in [3.8, 4) is 0 Å². The highest BCUT2D eigenvalue weighted by molar-refractivity contribution is 7.96. The van der Waals surface area contributed by atoms with Crippen molar-refractivity contribution in [2.24, 2.45) is 0 Å². The van der Waals surface area contributed by atoms with E-state index in [4.69, 9.17) is 9.29 Å². The van der Waals surface area contributed by atoms with Crippen molar-refractivity contribution >= 4 is 18.0 Å². The number of carbonyl (C=O) groups is 1. The van der Waals surface area contributed by atoms with Crippen LogP contribution in [0, 0.1) is 0 Å². The third kappa shape index (κ3) is 1.14. The standard InChI is InChI=1S/C4H6O3S/c5-4(6)3-1-2-7-8-3/h3H,1-2H2,(H,5,6). The number of hydrogen-bond acceptors (Lipinski definition) is 3. The topological polar surface area (TPSA) is 46.5 Å². The predicted octanol–water partition coefficient (Wildman–Crippen LogP) is 0.508. The maximum atomic E-state index is 10.1. The zero-order valence-electron chi connectivity index (χ0n) is 4.16. The van der Waals surface area contributed by atoms with Gasteiger partial charge in [-0.3, -0.25) is 4.79 Å². The van der Waals surface area contributed by atoms with Crippen LogP contribution in [0.25, 0.3) is 0 Å². The third-order valence-electron chi connectivity index (χ3n) is 0.923. The van der Waals surface area contributed by atoms with Crippen LogP contribution in [-0.4, -0.2) is 22.9 Å². The van der Waals surface area contributed by atoms with Crippen molar-refractivity contribution in [3.63, 3.8) is 0 Å². The Morgan fingerprint density at radius 1 is 1.88 bits per heavy atom. The lowest BCUT2D eigenvalue weighted by Crippen LogP contribution is -2.11. The average molecular weight is 134 g/mol. The summed E-state index contributed by atoms with van der Waals surface area (Å²) in [6.07, 6.45) is 0.639. The minimum absolute atomic E-state index is 0.324. The SMILES string of the molecule is O=C(O)C1CCOS1. The van der Waals surface area contributed by atoms with E-state index in [0.29, 0.717) is 13.0 Å². The van der Waals surface area contributed by atoms with Crippen molar-refractivity contribution < 1.29 is 14.1 Å². The molecule has 0 spiro atoms. The summed E-state index contributed by atoms with van der Waals surface area (Å²) >= 11 is 1.05. The number of rotatable bonds is 1. The van der Waals surface area contributed by atoms with E-state index in [2.05, 4.69) is 0 Å². The van der Waals surface area contributed by atoms with Gasteiger partial charge in [-0.15, -0.1) is 0 Å². The van der Waals surface area contributed by atoms with Crippen LogP contribution in [0.4, 0.5) is 0 Å². The molecular weight excluding hydrogens is 128 g/mol. The fraction of sp³-hybridized carbons (Fsp3) is 0.750. The van der Waals surface area contributed by atoms with Crippen LogP contribution in [0.15, 0.2) is 0 Å². The van der Waals surface area contributed by atoms with Gasteiger partial charge in [-0.25, -0.2) is 0 Å². The Hall–Kier alpha value is -0.220. The van der Waals surface area contributed by atoms with Gasteiger partial charge in [0.05, 0.1) is 6.61 Å². The Balaban J connectivity index is 2.35. The van der Waals surface area contributed by atoms with Gasteiger partial charge in [0.1, 0.15) is 5.25 Å². The molecule has 0 aliphatic carbocycles. The van der Waals surface area contributed by atoms with Gasteiger partial charge in [0.25, 0.3) is 0 Å². The second-order valence-corrected chi connectivity index (χ2v) is 2.53. The van der Waals surface area contributed by atoms with Crippen molar-refractivity contribution in [1.29, 1.82) is 0 Å². The zero-order chi connectivity index (χ0) is 5.98. The lowest BCUT2D eigenvalue weighted by molar-refractivity contribution is -0.136. The summed E-state index contributed by atoms with van der Waals surface area (Å²) in [6, 6.07) is 0. The molecule has 3 nitrogen and oxygen atoms in total. The van der Waals surface area contributed by atoms with Crippen LogP contribution >= 0.6 is 12.0 Å². The van der Waals surface area contributed by atoms with Gasteiger partial charge in [-0.1, -0.05) is 0 Å². The molecule has 0 amide bonds. The quantitative estimate of drug-likeness (QED) is 0.531. The lowest BCUT2D eigenvalue weighted by atomic mass is 10.3. The van der Waals surface area contributed by atoms with Crippen molar-refractivity contribution in [3.05, 3.63) is 0 Å². The van der Waals surface area contributed by atoms with Crippen LogP contribution in [0.1, 0.15) is 6.42 Å². The molecule has 1 unspecified atom stereocenters. The van der Waals surface area contributed by atoms with Crippen LogP contribution in [0.2, 0.25) is 0 Å². The van der Waals surface area contributed by atoms with E-state index < -0.39 is 5.97 Å². The summed E-state index contributed by atoms with van der Waals surface area (Å²) in [4.78, 5) is 10.1. The largest absolute Gasteiger partial charge is 0.480 e. The van der Waals surface area contributed by atoms with Gasteiger partial charge >= 0.3 is 5.97 Å². The van der Waals surface area contributed by atoms with E-state index in [-0.39, 0.29) is 5.25 Å². The van der Waals surface area contributed by atoms with Crippen LogP contribution in [0.3, 0.4) is 0 Å². The maximum absolute atomic E-state index is 10.1. The van der Waals surface area contributed by atoms with Crippen LogP contribution in [-0.2, 0) is 8.98 Å². The highest BCUT2D eigenvalue weighted by atomic mass is 32.2. The first-order chi connectivity index (χ1) is 3.80. The van der Waals surface area contributed by atoms with Crippen molar-refractivity contribution in [2.75, 3.05) is 6.61 Å². The van der Waals surface area contributed by atoms with Crippen LogP contribution in [0.5, 0.6) is 0 Å². The highest BCUT2D eigenvalue weighted by Gasteiger charge is 2.23. The van der Waals surface area contributed by atoms with E-state index in [9.17, 15) is 4.79 Å². The summed E-state index contributed by atoms with van der Waals surface area (Å²) < 4.78 is 4.75.